The molecule has 0 saturated carbocycles. The van der Waals surface area contributed by atoms with Crippen LogP contribution in [0, 0.1) is 0 Å². The number of aliphatic hydroxyl groups is 1. The Bertz CT molecular complexity index is 528. The van der Waals surface area contributed by atoms with E-state index in [1.807, 2.05) is 24.3 Å². The Morgan fingerprint density at radius 3 is 2.58 bits per heavy atom. The Morgan fingerprint density at radius 1 is 1.11 bits per heavy atom. The van der Waals surface area contributed by atoms with Crippen LogP contribution in [0.2, 0.25) is 0 Å². The van der Waals surface area contributed by atoms with E-state index >= 15 is 0 Å². The van der Waals surface area contributed by atoms with Gasteiger partial charge in [-0.05, 0) is 23.8 Å². The number of rotatable bonds is 5. The van der Waals surface area contributed by atoms with Gasteiger partial charge in [0.25, 0.3) is 0 Å². The maximum absolute atomic E-state index is 10.1. The van der Waals surface area contributed by atoms with Crippen molar-refractivity contribution in [3.05, 3.63) is 47.7 Å². The molecule has 0 spiro atoms. The molecule has 0 fully saturated rings. The first-order chi connectivity index (χ1) is 9.22. The summed E-state index contributed by atoms with van der Waals surface area (Å²) in [5.74, 6) is 1.20. The van der Waals surface area contributed by atoms with Crippen molar-refractivity contribution in [3.8, 4) is 11.6 Å². The number of ether oxygens (including phenoxy) is 2. The van der Waals surface area contributed by atoms with E-state index < -0.39 is 6.10 Å². The molecule has 100 valence electrons. The average Bonchev–Trinajstić information content (AvgIpc) is 2.47. The van der Waals surface area contributed by atoms with Crippen molar-refractivity contribution in [1.29, 1.82) is 0 Å². The van der Waals surface area contributed by atoms with Crippen LogP contribution in [0.4, 0.5) is 0 Å². The Kier molecular flexibility index (Phi) is 4.30. The Labute approximate surface area is 111 Å². The van der Waals surface area contributed by atoms with Crippen molar-refractivity contribution in [2.75, 3.05) is 14.2 Å². The van der Waals surface area contributed by atoms with Gasteiger partial charge in [0.05, 0.1) is 19.9 Å². The molecule has 1 heterocycles. The lowest BCUT2D eigenvalue weighted by atomic mass is 10.1. The van der Waals surface area contributed by atoms with E-state index in [9.17, 15) is 5.11 Å². The van der Waals surface area contributed by atoms with Crippen molar-refractivity contribution in [2.24, 2.45) is 0 Å². The summed E-state index contributed by atoms with van der Waals surface area (Å²) in [6, 6.07) is 11.0. The molecule has 0 amide bonds. The van der Waals surface area contributed by atoms with E-state index in [0.717, 1.165) is 11.3 Å². The van der Waals surface area contributed by atoms with Crippen molar-refractivity contribution < 1.29 is 14.6 Å². The molecule has 2 rings (SSSR count). The van der Waals surface area contributed by atoms with E-state index in [2.05, 4.69) is 10.2 Å². The molecule has 2 aromatic rings. The molecule has 1 N–H and O–H groups in total. The zero-order valence-electron chi connectivity index (χ0n) is 10.9. The van der Waals surface area contributed by atoms with Gasteiger partial charge in [-0.15, -0.1) is 10.2 Å². The molecule has 0 aliphatic carbocycles. The smallest absolute Gasteiger partial charge is 0.233 e. The molecule has 0 bridgehead atoms. The van der Waals surface area contributed by atoms with Crippen LogP contribution in [0.15, 0.2) is 36.4 Å². The fourth-order valence-electron chi connectivity index (χ4n) is 1.74. The second-order valence-corrected chi connectivity index (χ2v) is 4.07. The number of nitrogens with zero attached hydrogens (tertiary/aromatic N) is 2. The van der Waals surface area contributed by atoms with Gasteiger partial charge in [-0.25, -0.2) is 0 Å². The van der Waals surface area contributed by atoms with Crippen molar-refractivity contribution in [3.63, 3.8) is 0 Å². The number of hydrogen-bond acceptors (Lipinski definition) is 5. The van der Waals surface area contributed by atoms with Gasteiger partial charge >= 0.3 is 0 Å². The van der Waals surface area contributed by atoms with Gasteiger partial charge in [-0.3, -0.25) is 0 Å². The second-order valence-electron chi connectivity index (χ2n) is 4.07. The molecule has 0 aliphatic rings. The van der Waals surface area contributed by atoms with Crippen LogP contribution in [-0.2, 0) is 6.42 Å². The summed E-state index contributed by atoms with van der Waals surface area (Å²) in [6.07, 6.45) is -0.247. The highest BCUT2D eigenvalue weighted by atomic mass is 16.5. The first-order valence-corrected chi connectivity index (χ1v) is 5.91. The zero-order chi connectivity index (χ0) is 13.7. The first-order valence-electron chi connectivity index (χ1n) is 5.91. The largest absolute Gasteiger partial charge is 0.497 e. The van der Waals surface area contributed by atoms with Gasteiger partial charge in [0.15, 0.2) is 0 Å². The molecule has 5 nitrogen and oxygen atoms in total. The van der Waals surface area contributed by atoms with Crippen molar-refractivity contribution in [1.82, 2.24) is 10.2 Å². The first kappa shape index (κ1) is 13.3. The SMILES string of the molecule is COc1cccc(CC(O)c2ccc(OC)nn2)c1. The highest BCUT2D eigenvalue weighted by Gasteiger charge is 2.11. The monoisotopic (exact) mass is 260 g/mol. The third-order valence-electron chi connectivity index (χ3n) is 2.77. The molecule has 19 heavy (non-hydrogen) atoms. The minimum atomic E-state index is -0.703. The predicted octanol–water partition coefficient (Wildman–Crippen LogP) is 1.77. The van der Waals surface area contributed by atoms with Crippen molar-refractivity contribution in [2.45, 2.75) is 12.5 Å². The van der Waals surface area contributed by atoms with Gasteiger partial charge in [0.1, 0.15) is 11.9 Å². The lowest BCUT2D eigenvalue weighted by molar-refractivity contribution is 0.172. The molecule has 0 aliphatic heterocycles. The maximum atomic E-state index is 10.1. The quantitative estimate of drug-likeness (QED) is 0.887. The summed E-state index contributed by atoms with van der Waals surface area (Å²) in [5, 5.41) is 17.9. The topological polar surface area (TPSA) is 64.5 Å². The van der Waals surface area contributed by atoms with Crippen LogP contribution in [0.3, 0.4) is 0 Å². The molecular weight excluding hydrogens is 244 g/mol. The summed E-state index contributed by atoms with van der Waals surface area (Å²) >= 11 is 0. The van der Waals surface area contributed by atoms with E-state index in [4.69, 9.17) is 9.47 Å². The van der Waals surface area contributed by atoms with Gasteiger partial charge in [0, 0.05) is 12.5 Å². The van der Waals surface area contributed by atoms with E-state index in [-0.39, 0.29) is 0 Å². The highest BCUT2D eigenvalue weighted by Crippen LogP contribution is 2.20. The van der Waals surface area contributed by atoms with Crippen LogP contribution < -0.4 is 9.47 Å². The minimum absolute atomic E-state index is 0.428. The van der Waals surface area contributed by atoms with Crippen LogP contribution in [-0.4, -0.2) is 29.5 Å². The van der Waals surface area contributed by atoms with E-state index in [0.29, 0.717) is 18.0 Å². The second kappa shape index (κ2) is 6.15. The third kappa shape index (κ3) is 3.42. The summed E-state index contributed by atoms with van der Waals surface area (Å²) in [4.78, 5) is 0. The fourth-order valence-corrected chi connectivity index (χ4v) is 1.74. The molecule has 1 unspecified atom stereocenters. The zero-order valence-corrected chi connectivity index (χ0v) is 10.9. The molecule has 1 aromatic carbocycles. The average molecular weight is 260 g/mol. The molecule has 1 atom stereocenters. The van der Waals surface area contributed by atoms with E-state index in [1.165, 1.54) is 7.11 Å². The minimum Gasteiger partial charge on any atom is -0.497 e. The van der Waals surface area contributed by atoms with Gasteiger partial charge < -0.3 is 14.6 Å². The highest BCUT2D eigenvalue weighted by molar-refractivity contribution is 5.29. The number of aliphatic hydroxyl groups excluding tert-OH is 1. The van der Waals surface area contributed by atoms with Gasteiger partial charge in [0.2, 0.25) is 5.88 Å². The normalized spacial score (nSPS) is 11.9. The lowest BCUT2D eigenvalue weighted by Crippen LogP contribution is -2.05. The molecule has 0 radical (unpaired) electrons. The number of aromatic nitrogens is 2. The Hall–Kier alpha value is -2.14. The maximum Gasteiger partial charge on any atom is 0.233 e. The van der Waals surface area contributed by atoms with Crippen molar-refractivity contribution >= 4 is 0 Å². The summed E-state index contributed by atoms with van der Waals surface area (Å²) in [7, 11) is 3.14. The van der Waals surface area contributed by atoms with Crippen LogP contribution in [0.25, 0.3) is 0 Å². The van der Waals surface area contributed by atoms with Crippen LogP contribution in [0.5, 0.6) is 11.6 Å². The van der Waals surface area contributed by atoms with Crippen LogP contribution >= 0.6 is 0 Å². The predicted molar refractivity (Wildman–Crippen MR) is 70.2 cm³/mol. The molecule has 5 heteroatoms. The van der Waals surface area contributed by atoms with Gasteiger partial charge in [-0.2, -0.15) is 0 Å². The number of benzene rings is 1. The standard InChI is InChI=1S/C14H16N2O3/c1-18-11-5-3-4-10(8-11)9-13(17)12-6-7-14(19-2)16-15-12/h3-8,13,17H,9H2,1-2H3. The Balaban J connectivity index is 2.08. The summed E-state index contributed by atoms with van der Waals surface area (Å²) in [6.45, 7) is 0. The third-order valence-corrected chi connectivity index (χ3v) is 2.77. The molecular formula is C14H16N2O3. The number of hydrogen-bond donors (Lipinski definition) is 1. The summed E-state index contributed by atoms with van der Waals surface area (Å²) in [5.41, 5.74) is 1.49. The fraction of sp³-hybridized carbons (Fsp3) is 0.286. The molecule has 0 saturated heterocycles. The van der Waals surface area contributed by atoms with Crippen LogP contribution in [0.1, 0.15) is 17.4 Å². The Morgan fingerprint density at radius 2 is 1.95 bits per heavy atom. The number of methoxy groups -OCH3 is 2. The van der Waals surface area contributed by atoms with Gasteiger partial charge in [-0.1, -0.05) is 12.1 Å². The lowest BCUT2D eigenvalue weighted by Gasteiger charge is -2.10. The summed E-state index contributed by atoms with van der Waals surface area (Å²) < 4.78 is 10.1. The molecule has 1 aromatic heterocycles. The van der Waals surface area contributed by atoms with E-state index in [1.54, 1.807) is 19.2 Å².